The van der Waals surface area contributed by atoms with Crippen LogP contribution in [0.25, 0.3) is 0 Å². The van der Waals surface area contributed by atoms with Gasteiger partial charge >= 0.3 is 29.6 Å². The van der Waals surface area contributed by atoms with Crippen molar-refractivity contribution in [2.24, 2.45) is 0 Å². The van der Waals surface area contributed by atoms with Gasteiger partial charge in [-0.2, -0.15) is 0 Å². The maximum Gasteiger partial charge on any atom is 1.00 e. The van der Waals surface area contributed by atoms with Gasteiger partial charge in [-0.1, -0.05) is 51.9 Å². The molecule has 0 amide bonds. The first-order chi connectivity index (χ1) is 8.49. The SMILES string of the molecule is CCCCCCCCCC(CCS(=O)(=O)[O-])OC.[Na+]. The summed E-state index contributed by atoms with van der Waals surface area (Å²) < 4.78 is 36.7. The molecule has 19 heavy (non-hydrogen) atoms. The molecule has 0 spiro atoms. The van der Waals surface area contributed by atoms with E-state index in [-0.39, 0.29) is 41.4 Å². The van der Waals surface area contributed by atoms with Crippen LogP contribution in [-0.4, -0.2) is 31.9 Å². The normalized spacial score (nSPS) is 13.0. The number of methoxy groups -OCH3 is 1. The van der Waals surface area contributed by atoms with Gasteiger partial charge in [-0.15, -0.1) is 0 Å². The van der Waals surface area contributed by atoms with E-state index in [1.54, 1.807) is 7.11 Å². The maximum atomic E-state index is 10.5. The monoisotopic (exact) mass is 302 g/mol. The molecule has 0 aromatic rings. The van der Waals surface area contributed by atoms with E-state index >= 15 is 0 Å². The van der Waals surface area contributed by atoms with E-state index in [2.05, 4.69) is 6.92 Å². The van der Waals surface area contributed by atoms with Gasteiger partial charge in [0.2, 0.25) is 0 Å². The Morgan fingerprint density at radius 3 is 2.00 bits per heavy atom. The summed E-state index contributed by atoms with van der Waals surface area (Å²) in [6.45, 7) is 2.20. The molecule has 0 aliphatic heterocycles. The van der Waals surface area contributed by atoms with Crippen molar-refractivity contribution in [3.05, 3.63) is 0 Å². The average molecular weight is 302 g/mol. The molecule has 1 unspecified atom stereocenters. The topological polar surface area (TPSA) is 66.4 Å². The van der Waals surface area contributed by atoms with Crippen molar-refractivity contribution in [2.75, 3.05) is 12.9 Å². The van der Waals surface area contributed by atoms with E-state index < -0.39 is 10.1 Å². The van der Waals surface area contributed by atoms with Crippen LogP contribution >= 0.6 is 0 Å². The van der Waals surface area contributed by atoms with Crippen LogP contribution in [0.3, 0.4) is 0 Å². The van der Waals surface area contributed by atoms with E-state index in [0.717, 1.165) is 19.3 Å². The van der Waals surface area contributed by atoms with Gasteiger partial charge in [0.05, 0.1) is 16.2 Å². The summed E-state index contributed by atoms with van der Waals surface area (Å²) in [5.41, 5.74) is 0. The Morgan fingerprint density at radius 1 is 1.00 bits per heavy atom. The predicted octanol–water partition coefficient (Wildman–Crippen LogP) is 0.0814. The Hall–Kier alpha value is 0.870. The maximum absolute atomic E-state index is 10.5. The molecule has 0 aromatic carbocycles. The van der Waals surface area contributed by atoms with Gasteiger partial charge in [-0.05, 0) is 12.8 Å². The van der Waals surface area contributed by atoms with E-state index in [1.165, 1.54) is 32.1 Å². The predicted molar refractivity (Wildman–Crippen MR) is 72.6 cm³/mol. The van der Waals surface area contributed by atoms with Gasteiger partial charge in [0.25, 0.3) is 0 Å². The zero-order valence-corrected chi connectivity index (χ0v) is 15.5. The Morgan fingerprint density at radius 2 is 1.53 bits per heavy atom. The summed E-state index contributed by atoms with van der Waals surface area (Å²) in [5, 5.41) is 0. The fraction of sp³-hybridized carbons (Fsp3) is 1.00. The van der Waals surface area contributed by atoms with Crippen LogP contribution in [0.4, 0.5) is 0 Å². The molecule has 0 heterocycles. The molecule has 0 saturated carbocycles. The molecule has 4 nitrogen and oxygen atoms in total. The molecule has 0 N–H and O–H groups in total. The number of unbranched alkanes of at least 4 members (excludes halogenated alkanes) is 6. The zero-order chi connectivity index (χ0) is 13.9. The average Bonchev–Trinajstić information content (AvgIpc) is 2.30. The molecule has 6 heteroatoms. The van der Waals surface area contributed by atoms with Gasteiger partial charge in [-0.3, -0.25) is 0 Å². The molecular formula is C13H27NaO4S. The van der Waals surface area contributed by atoms with E-state index in [9.17, 15) is 13.0 Å². The molecule has 0 rings (SSSR count). The van der Waals surface area contributed by atoms with Gasteiger partial charge < -0.3 is 9.29 Å². The zero-order valence-electron chi connectivity index (χ0n) is 12.7. The second kappa shape index (κ2) is 13.8. The van der Waals surface area contributed by atoms with Crippen LogP contribution in [0.5, 0.6) is 0 Å². The third kappa shape index (κ3) is 16.8. The fourth-order valence-electron chi connectivity index (χ4n) is 1.98. The van der Waals surface area contributed by atoms with Crippen LogP contribution < -0.4 is 29.6 Å². The quantitative estimate of drug-likeness (QED) is 0.291. The molecule has 0 fully saturated rings. The van der Waals surface area contributed by atoms with Crippen LogP contribution in [-0.2, 0) is 14.9 Å². The summed E-state index contributed by atoms with van der Waals surface area (Å²) in [6.07, 6.45) is 9.66. The van der Waals surface area contributed by atoms with Crippen LogP contribution in [0.2, 0.25) is 0 Å². The molecule has 0 radical (unpaired) electrons. The first-order valence-corrected chi connectivity index (χ1v) is 8.53. The molecule has 0 aliphatic rings. The summed E-state index contributed by atoms with van der Waals surface area (Å²) in [4.78, 5) is 0. The minimum Gasteiger partial charge on any atom is -0.748 e. The summed E-state index contributed by atoms with van der Waals surface area (Å²) in [6, 6.07) is 0. The molecular weight excluding hydrogens is 275 g/mol. The van der Waals surface area contributed by atoms with Gasteiger partial charge in [0, 0.05) is 12.9 Å². The molecule has 0 saturated heterocycles. The summed E-state index contributed by atoms with van der Waals surface area (Å²) in [5.74, 6) is -0.317. The van der Waals surface area contributed by atoms with Crippen molar-refractivity contribution in [1.29, 1.82) is 0 Å². The van der Waals surface area contributed by atoms with Crippen molar-refractivity contribution in [1.82, 2.24) is 0 Å². The van der Waals surface area contributed by atoms with Crippen LogP contribution in [0.15, 0.2) is 0 Å². The Balaban J connectivity index is 0. The summed E-state index contributed by atoms with van der Waals surface area (Å²) >= 11 is 0. The Kier molecular flexibility index (Phi) is 16.1. The third-order valence-electron chi connectivity index (χ3n) is 3.15. The minimum atomic E-state index is -4.10. The molecule has 110 valence electrons. The van der Waals surface area contributed by atoms with Gasteiger partial charge in [0.15, 0.2) is 0 Å². The smallest absolute Gasteiger partial charge is 0.748 e. The van der Waals surface area contributed by atoms with Crippen molar-refractivity contribution < 1.29 is 47.3 Å². The standard InChI is InChI=1S/C13H28O4S.Na/c1-3-4-5-6-7-8-9-10-13(17-2)11-12-18(14,15)16;/h13H,3-12H2,1-2H3,(H,14,15,16);/q;+1/p-1. The largest absolute Gasteiger partial charge is 1.00 e. The first-order valence-electron chi connectivity index (χ1n) is 6.96. The van der Waals surface area contributed by atoms with Crippen LogP contribution in [0, 0.1) is 0 Å². The minimum absolute atomic E-state index is 0. The van der Waals surface area contributed by atoms with E-state index in [1.807, 2.05) is 0 Å². The number of ether oxygens (including phenoxy) is 1. The van der Waals surface area contributed by atoms with Crippen molar-refractivity contribution in [3.8, 4) is 0 Å². The first kappa shape index (κ1) is 22.2. The van der Waals surface area contributed by atoms with Crippen molar-refractivity contribution >= 4 is 10.1 Å². The van der Waals surface area contributed by atoms with Crippen molar-refractivity contribution in [2.45, 2.75) is 70.8 Å². The van der Waals surface area contributed by atoms with Gasteiger partial charge in [-0.25, -0.2) is 8.42 Å². The molecule has 0 aliphatic carbocycles. The number of hydrogen-bond donors (Lipinski definition) is 0. The van der Waals surface area contributed by atoms with E-state index in [0.29, 0.717) is 6.42 Å². The number of hydrogen-bond acceptors (Lipinski definition) is 4. The second-order valence-electron chi connectivity index (χ2n) is 4.82. The third-order valence-corrected chi connectivity index (χ3v) is 3.89. The van der Waals surface area contributed by atoms with E-state index in [4.69, 9.17) is 4.74 Å². The van der Waals surface area contributed by atoms with Crippen molar-refractivity contribution in [3.63, 3.8) is 0 Å². The Labute approximate surface area is 140 Å². The second-order valence-corrected chi connectivity index (χ2v) is 6.34. The molecule has 0 bridgehead atoms. The molecule has 0 aromatic heterocycles. The number of rotatable bonds is 12. The fourth-order valence-corrected chi connectivity index (χ4v) is 2.54. The van der Waals surface area contributed by atoms with Gasteiger partial charge in [0.1, 0.15) is 0 Å². The van der Waals surface area contributed by atoms with Crippen LogP contribution in [0.1, 0.15) is 64.7 Å². The Bertz CT molecular complexity index is 280. The summed E-state index contributed by atoms with van der Waals surface area (Å²) in [7, 11) is -2.53. The molecule has 1 atom stereocenters.